The van der Waals surface area contributed by atoms with Crippen molar-refractivity contribution in [3.05, 3.63) is 154 Å². The molecule has 0 saturated heterocycles. The van der Waals surface area contributed by atoms with Gasteiger partial charge in [-0.1, -0.05) is 75.2 Å². The van der Waals surface area contributed by atoms with Gasteiger partial charge in [0, 0.05) is 32.2 Å². The van der Waals surface area contributed by atoms with Crippen molar-refractivity contribution < 1.29 is 18.4 Å². The molecule has 43 heavy (non-hydrogen) atoms. The third-order valence-electron chi connectivity index (χ3n) is 7.18. The lowest BCUT2D eigenvalue weighted by Gasteiger charge is -2.29. The van der Waals surface area contributed by atoms with Gasteiger partial charge in [0.2, 0.25) is 0 Å². The molecule has 7 heteroatoms. The number of hydrogen-bond donors (Lipinski definition) is 0. The fraction of sp³-hybridized carbons (Fsp3) is 0.139. The summed E-state index contributed by atoms with van der Waals surface area (Å²) in [6.07, 6.45) is 11.2. The highest BCUT2D eigenvalue weighted by Gasteiger charge is 2.32. The Kier molecular flexibility index (Phi) is 9.56. The summed E-state index contributed by atoms with van der Waals surface area (Å²) in [5, 5.41) is 0. The van der Waals surface area contributed by atoms with Crippen LogP contribution in [0.4, 0.5) is 20.3 Å². The minimum atomic E-state index is -1.15. The highest BCUT2D eigenvalue weighted by molar-refractivity contribution is 8.03. The molecule has 0 N–H and O–H groups in total. The Morgan fingerprint density at radius 3 is 2.42 bits per heavy atom. The van der Waals surface area contributed by atoms with Crippen LogP contribution in [0.25, 0.3) is 0 Å². The number of Topliss-reactive ketones (excluding diaryl/α,β-unsaturated/α-hetero) is 1. The number of benzene rings is 2. The minimum absolute atomic E-state index is 0.0753. The van der Waals surface area contributed by atoms with Crippen LogP contribution in [0.2, 0.25) is 0 Å². The lowest BCUT2D eigenvalue weighted by atomic mass is 9.81. The molecule has 2 heterocycles. The lowest BCUT2D eigenvalue weighted by molar-refractivity contribution is -0.104. The zero-order valence-corrected chi connectivity index (χ0v) is 25.3. The number of aromatic nitrogens is 1. The van der Waals surface area contributed by atoms with Crippen molar-refractivity contribution in [1.82, 2.24) is 4.98 Å². The van der Waals surface area contributed by atoms with Crippen molar-refractivity contribution in [3.8, 4) is 0 Å². The predicted octanol–water partition coefficient (Wildman–Crippen LogP) is 9.28. The van der Waals surface area contributed by atoms with Gasteiger partial charge in [0.1, 0.15) is 5.82 Å². The van der Waals surface area contributed by atoms with Crippen LogP contribution < -0.4 is 4.90 Å². The molecule has 0 bridgehead atoms. The summed E-state index contributed by atoms with van der Waals surface area (Å²) < 4.78 is 27.6. The van der Waals surface area contributed by atoms with E-state index in [1.807, 2.05) is 87.5 Å². The van der Waals surface area contributed by atoms with E-state index in [1.54, 1.807) is 6.08 Å². The smallest absolute Gasteiger partial charge is 0.196 e. The Labute approximate surface area is 255 Å². The van der Waals surface area contributed by atoms with Gasteiger partial charge in [0.25, 0.3) is 0 Å². The van der Waals surface area contributed by atoms with E-state index in [9.17, 15) is 18.4 Å². The first-order valence-electron chi connectivity index (χ1n) is 13.6. The molecule has 0 radical (unpaired) electrons. The van der Waals surface area contributed by atoms with E-state index >= 15 is 0 Å². The number of aldehydes is 1. The SMILES string of the molecule is C=C/C=C\C(=C/C)N(c1ccccc1)c1ccc2c(n1)C(C)(C)C(=C)C=C(/C=C(/C=O)C(=O)c1cc(F)c(F)cc1C)S2. The van der Waals surface area contributed by atoms with Crippen molar-refractivity contribution >= 4 is 35.3 Å². The number of anilines is 2. The predicted molar refractivity (Wildman–Crippen MR) is 172 cm³/mol. The average Bonchev–Trinajstić information content (AvgIpc) is 3.08. The topological polar surface area (TPSA) is 50.3 Å². The van der Waals surface area contributed by atoms with Crippen molar-refractivity contribution in [1.29, 1.82) is 0 Å². The average molecular weight is 595 g/mol. The van der Waals surface area contributed by atoms with Crippen LogP contribution in [-0.2, 0) is 10.2 Å². The first kappa shape index (κ1) is 31.3. The van der Waals surface area contributed by atoms with E-state index in [2.05, 4.69) is 18.1 Å². The van der Waals surface area contributed by atoms with Gasteiger partial charge < -0.3 is 0 Å². The van der Waals surface area contributed by atoms with Gasteiger partial charge in [0.15, 0.2) is 23.7 Å². The van der Waals surface area contributed by atoms with E-state index in [0.717, 1.165) is 39.7 Å². The molecule has 1 aliphatic heterocycles. The van der Waals surface area contributed by atoms with Gasteiger partial charge in [-0.25, -0.2) is 13.8 Å². The molecule has 4 nitrogen and oxygen atoms in total. The monoisotopic (exact) mass is 594 g/mol. The molecule has 0 fully saturated rings. The van der Waals surface area contributed by atoms with Gasteiger partial charge >= 0.3 is 0 Å². The van der Waals surface area contributed by atoms with Crippen molar-refractivity contribution in [2.75, 3.05) is 4.90 Å². The lowest BCUT2D eigenvalue weighted by Crippen LogP contribution is -2.23. The Hall–Kier alpha value is -4.62. The molecule has 3 aromatic rings. The van der Waals surface area contributed by atoms with Crippen LogP contribution in [0, 0.1) is 18.6 Å². The summed E-state index contributed by atoms with van der Waals surface area (Å²) in [6, 6.07) is 15.6. The van der Waals surface area contributed by atoms with Gasteiger partial charge in [-0.3, -0.25) is 14.5 Å². The first-order chi connectivity index (χ1) is 20.5. The number of para-hydroxylation sites is 1. The van der Waals surface area contributed by atoms with Crippen molar-refractivity contribution in [3.63, 3.8) is 0 Å². The van der Waals surface area contributed by atoms with Crippen LogP contribution in [-0.4, -0.2) is 17.1 Å². The van der Waals surface area contributed by atoms with Crippen LogP contribution in [0.1, 0.15) is 42.4 Å². The molecular formula is C36H32F2N2O2S. The maximum Gasteiger partial charge on any atom is 0.196 e. The molecule has 1 aromatic heterocycles. The summed E-state index contributed by atoms with van der Waals surface area (Å²) in [4.78, 5) is 33.9. The summed E-state index contributed by atoms with van der Waals surface area (Å²) >= 11 is 1.35. The maximum atomic E-state index is 13.9. The van der Waals surface area contributed by atoms with Gasteiger partial charge in [-0.05, 0) is 79.6 Å². The third-order valence-corrected chi connectivity index (χ3v) is 8.20. The van der Waals surface area contributed by atoms with Crippen LogP contribution in [0.15, 0.2) is 131 Å². The molecule has 0 atom stereocenters. The molecule has 0 saturated carbocycles. The van der Waals surface area contributed by atoms with E-state index in [1.165, 1.54) is 24.8 Å². The number of hydrogen-bond acceptors (Lipinski definition) is 5. The fourth-order valence-corrected chi connectivity index (χ4v) is 5.81. The normalized spacial score (nSPS) is 15.0. The summed E-state index contributed by atoms with van der Waals surface area (Å²) in [5.41, 5.74) is 2.70. The summed E-state index contributed by atoms with van der Waals surface area (Å²) in [6.45, 7) is 15.6. The number of ketones is 1. The summed E-state index contributed by atoms with van der Waals surface area (Å²) in [5.74, 6) is -2.21. The second-order valence-electron chi connectivity index (χ2n) is 10.4. The van der Waals surface area contributed by atoms with E-state index in [-0.39, 0.29) is 16.7 Å². The molecule has 0 unspecified atom stereocenters. The van der Waals surface area contributed by atoms with E-state index in [0.29, 0.717) is 17.0 Å². The Balaban J connectivity index is 1.80. The van der Waals surface area contributed by atoms with Gasteiger partial charge in [-0.15, -0.1) is 0 Å². The quantitative estimate of drug-likeness (QED) is 0.0617. The molecule has 1 aliphatic rings. The van der Waals surface area contributed by atoms with Crippen LogP contribution in [0.5, 0.6) is 0 Å². The number of carbonyl (C=O) groups is 2. The molecule has 218 valence electrons. The Morgan fingerprint density at radius 2 is 1.77 bits per heavy atom. The number of halogens is 2. The first-order valence-corrected chi connectivity index (χ1v) is 14.4. The number of carbonyl (C=O) groups excluding carboxylic acids is 2. The van der Waals surface area contributed by atoms with Crippen molar-refractivity contribution in [2.45, 2.75) is 38.0 Å². The van der Waals surface area contributed by atoms with Crippen molar-refractivity contribution in [2.24, 2.45) is 0 Å². The molecule has 2 aromatic carbocycles. The number of rotatable bonds is 9. The van der Waals surface area contributed by atoms with Crippen LogP contribution in [0.3, 0.4) is 0 Å². The Bertz CT molecular complexity index is 1730. The van der Waals surface area contributed by atoms with E-state index in [4.69, 9.17) is 4.98 Å². The third kappa shape index (κ3) is 6.57. The largest absolute Gasteiger partial charge is 0.298 e. The van der Waals surface area contributed by atoms with Crippen LogP contribution >= 0.6 is 11.8 Å². The zero-order chi connectivity index (χ0) is 31.3. The second-order valence-corrected chi connectivity index (χ2v) is 11.5. The second kappa shape index (κ2) is 13.1. The van der Waals surface area contributed by atoms with Gasteiger partial charge in [0.05, 0.1) is 11.3 Å². The number of allylic oxidation sites excluding steroid dienone is 8. The Morgan fingerprint density at radius 1 is 1.07 bits per heavy atom. The molecule has 0 spiro atoms. The molecule has 0 amide bonds. The standard InChI is InChI=1S/C36H32F2N2O2S/c1-7-9-13-26(8-2)40(27-14-11-10-12-15-27)33-17-16-32-35(39-33)36(5,6)24(4)19-28(43-32)20-25(22-41)34(42)29-21-31(38)30(37)18-23(29)3/h7-22H,1,4H2,2-3,5-6H3/b13-9-,25-20-,26-8+. The number of aryl methyl sites for hydroxylation is 1. The van der Waals surface area contributed by atoms with E-state index < -0.39 is 22.8 Å². The summed E-state index contributed by atoms with van der Waals surface area (Å²) in [7, 11) is 0. The molecule has 0 aliphatic carbocycles. The molecule has 4 rings (SSSR count). The fourth-order valence-electron chi connectivity index (χ4n) is 4.63. The number of thioether (sulfide) groups is 1. The number of fused-ring (bicyclic) bond motifs is 1. The highest BCUT2D eigenvalue weighted by atomic mass is 32.2. The van der Waals surface area contributed by atoms with Gasteiger partial charge in [-0.2, -0.15) is 0 Å². The highest BCUT2D eigenvalue weighted by Crippen LogP contribution is 2.45. The zero-order valence-electron chi connectivity index (χ0n) is 24.5. The number of pyridine rings is 1. The molecular weight excluding hydrogens is 562 g/mol. The number of nitrogens with zero attached hydrogens (tertiary/aromatic N) is 2. The minimum Gasteiger partial charge on any atom is -0.298 e. The maximum absolute atomic E-state index is 13.9.